The van der Waals surface area contributed by atoms with Gasteiger partial charge in [-0.3, -0.25) is 0 Å². The molecule has 1 aliphatic rings. The standard InChI is InChI=1S/C15H19Br2ClO/c1-9-3-10(2)5-12(4-9)19-15-13(16)6-11(8-18)7-14(15)17/h6-7,9-10,12H,3-5,8H2,1-2H3. The van der Waals surface area contributed by atoms with E-state index >= 15 is 0 Å². The Morgan fingerprint density at radius 1 is 1.11 bits per heavy atom. The van der Waals surface area contributed by atoms with E-state index in [1.54, 1.807) is 0 Å². The quantitative estimate of drug-likeness (QED) is 0.543. The van der Waals surface area contributed by atoms with Crippen LogP contribution in [0.2, 0.25) is 0 Å². The zero-order chi connectivity index (χ0) is 14.0. The summed E-state index contributed by atoms with van der Waals surface area (Å²) in [7, 11) is 0. The molecular weight excluding hydrogens is 391 g/mol. The van der Waals surface area contributed by atoms with Crippen LogP contribution in [0.1, 0.15) is 38.7 Å². The zero-order valence-corrected chi connectivity index (χ0v) is 15.2. The molecule has 0 heterocycles. The summed E-state index contributed by atoms with van der Waals surface area (Å²) in [6.07, 6.45) is 3.90. The van der Waals surface area contributed by atoms with Crippen LogP contribution in [-0.2, 0) is 5.88 Å². The van der Waals surface area contributed by atoms with Crippen LogP contribution in [0.3, 0.4) is 0 Å². The highest BCUT2D eigenvalue weighted by Crippen LogP contribution is 2.39. The topological polar surface area (TPSA) is 9.23 Å². The number of ether oxygens (including phenoxy) is 1. The first kappa shape index (κ1) is 15.7. The minimum Gasteiger partial charge on any atom is -0.488 e. The molecular formula is C15H19Br2ClO. The maximum Gasteiger partial charge on any atom is 0.148 e. The summed E-state index contributed by atoms with van der Waals surface area (Å²) in [6, 6.07) is 4.06. The van der Waals surface area contributed by atoms with Gasteiger partial charge in [-0.25, -0.2) is 0 Å². The Kier molecular flexibility index (Phi) is 5.62. The molecule has 0 amide bonds. The summed E-state index contributed by atoms with van der Waals surface area (Å²) in [6.45, 7) is 4.62. The number of rotatable bonds is 3. The second kappa shape index (κ2) is 6.82. The zero-order valence-electron chi connectivity index (χ0n) is 11.3. The second-order valence-electron chi connectivity index (χ2n) is 5.68. The van der Waals surface area contributed by atoms with E-state index < -0.39 is 0 Å². The molecule has 1 aliphatic carbocycles. The van der Waals surface area contributed by atoms with Gasteiger partial charge in [0.25, 0.3) is 0 Å². The van der Waals surface area contributed by atoms with Crippen molar-refractivity contribution in [2.75, 3.05) is 0 Å². The number of hydrogen-bond acceptors (Lipinski definition) is 1. The molecule has 0 saturated heterocycles. The lowest BCUT2D eigenvalue weighted by Gasteiger charge is -2.32. The first-order valence-corrected chi connectivity index (χ1v) is 8.82. The fourth-order valence-corrected chi connectivity index (χ4v) is 4.56. The van der Waals surface area contributed by atoms with E-state index in [1.807, 2.05) is 12.1 Å². The van der Waals surface area contributed by atoms with Crippen LogP contribution >= 0.6 is 43.5 Å². The largest absolute Gasteiger partial charge is 0.488 e. The van der Waals surface area contributed by atoms with Crippen LogP contribution in [0.15, 0.2) is 21.1 Å². The third-order valence-corrected chi connectivity index (χ3v) is 5.12. The van der Waals surface area contributed by atoms with Crippen LogP contribution in [-0.4, -0.2) is 6.10 Å². The predicted octanol–water partition coefficient (Wildman–Crippen LogP) is 6.15. The van der Waals surface area contributed by atoms with Gasteiger partial charge >= 0.3 is 0 Å². The van der Waals surface area contributed by atoms with Crippen molar-refractivity contribution in [1.29, 1.82) is 0 Å². The highest BCUT2D eigenvalue weighted by atomic mass is 79.9. The number of hydrogen-bond donors (Lipinski definition) is 0. The van der Waals surface area contributed by atoms with Gasteiger partial charge in [-0.1, -0.05) is 13.8 Å². The van der Waals surface area contributed by atoms with Crippen molar-refractivity contribution < 1.29 is 4.74 Å². The lowest BCUT2D eigenvalue weighted by atomic mass is 9.82. The molecule has 106 valence electrons. The van der Waals surface area contributed by atoms with Crippen molar-refractivity contribution in [2.24, 2.45) is 11.8 Å². The molecule has 1 aromatic rings. The summed E-state index contributed by atoms with van der Waals surface area (Å²) in [5, 5.41) is 0. The monoisotopic (exact) mass is 408 g/mol. The van der Waals surface area contributed by atoms with Gasteiger partial charge in [0.2, 0.25) is 0 Å². The van der Waals surface area contributed by atoms with Crippen molar-refractivity contribution in [3.8, 4) is 5.75 Å². The van der Waals surface area contributed by atoms with E-state index in [-0.39, 0.29) is 0 Å². The van der Waals surface area contributed by atoms with Gasteiger partial charge in [-0.15, -0.1) is 11.6 Å². The van der Waals surface area contributed by atoms with Gasteiger partial charge in [-0.2, -0.15) is 0 Å². The first-order chi connectivity index (χ1) is 8.99. The number of alkyl halides is 1. The normalized spacial score (nSPS) is 27.3. The molecule has 0 radical (unpaired) electrons. The average molecular weight is 411 g/mol. The molecule has 1 nitrogen and oxygen atoms in total. The van der Waals surface area contributed by atoms with Crippen LogP contribution < -0.4 is 4.74 Å². The third-order valence-electron chi connectivity index (χ3n) is 3.63. The fourth-order valence-electron chi connectivity index (χ4n) is 2.94. The van der Waals surface area contributed by atoms with Gasteiger partial charge in [0.05, 0.1) is 15.0 Å². The maximum absolute atomic E-state index is 6.22. The molecule has 2 unspecified atom stereocenters. The van der Waals surface area contributed by atoms with E-state index in [0.717, 1.165) is 44.9 Å². The molecule has 1 aromatic carbocycles. The summed E-state index contributed by atoms with van der Waals surface area (Å²) < 4.78 is 8.17. The van der Waals surface area contributed by atoms with Gasteiger partial charge in [0.1, 0.15) is 5.75 Å². The average Bonchev–Trinajstić information content (AvgIpc) is 2.32. The molecule has 0 bridgehead atoms. The third kappa shape index (κ3) is 4.12. The Morgan fingerprint density at radius 3 is 2.11 bits per heavy atom. The smallest absolute Gasteiger partial charge is 0.148 e. The minimum atomic E-state index is 0.313. The Labute approximate surface area is 137 Å². The molecule has 1 saturated carbocycles. The van der Waals surface area contributed by atoms with Crippen LogP contribution in [0.4, 0.5) is 0 Å². The van der Waals surface area contributed by atoms with Gasteiger partial charge in [0, 0.05) is 5.88 Å². The van der Waals surface area contributed by atoms with Crippen molar-refractivity contribution in [1.82, 2.24) is 0 Å². The molecule has 19 heavy (non-hydrogen) atoms. The molecule has 0 aromatic heterocycles. The Bertz CT molecular complexity index is 417. The van der Waals surface area contributed by atoms with Crippen LogP contribution in [0, 0.1) is 11.8 Å². The fraction of sp³-hybridized carbons (Fsp3) is 0.600. The Balaban J connectivity index is 2.14. The second-order valence-corrected chi connectivity index (χ2v) is 7.66. The summed E-state index contributed by atoms with van der Waals surface area (Å²) in [5.41, 5.74) is 1.08. The SMILES string of the molecule is CC1CC(C)CC(Oc2c(Br)cc(CCl)cc2Br)C1. The highest BCUT2D eigenvalue weighted by Gasteiger charge is 2.26. The molecule has 2 atom stereocenters. The molecule has 4 heteroatoms. The Hall–Kier alpha value is 0.270. The van der Waals surface area contributed by atoms with Crippen LogP contribution in [0.5, 0.6) is 5.75 Å². The maximum atomic E-state index is 6.22. The van der Waals surface area contributed by atoms with E-state index in [1.165, 1.54) is 6.42 Å². The van der Waals surface area contributed by atoms with Crippen LogP contribution in [0.25, 0.3) is 0 Å². The number of benzene rings is 1. The van der Waals surface area contributed by atoms with Crippen molar-refractivity contribution in [2.45, 2.75) is 45.1 Å². The molecule has 1 fully saturated rings. The van der Waals surface area contributed by atoms with Crippen molar-refractivity contribution in [3.05, 3.63) is 26.6 Å². The molecule has 2 rings (SSSR count). The summed E-state index contributed by atoms with van der Waals surface area (Å²) in [4.78, 5) is 0. The van der Waals surface area contributed by atoms with Crippen molar-refractivity contribution in [3.63, 3.8) is 0 Å². The highest BCUT2D eigenvalue weighted by molar-refractivity contribution is 9.11. The molecule has 0 spiro atoms. The minimum absolute atomic E-state index is 0.313. The van der Waals surface area contributed by atoms with E-state index in [2.05, 4.69) is 45.7 Å². The van der Waals surface area contributed by atoms with E-state index in [4.69, 9.17) is 16.3 Å². The predicted molar refractivity (Wildman–Crippen MR) is 88.0 cm³/mol. The molecule has 0 aliphatic heterocycles. The lowest BCUT2D eigenvalue weighted by molar-refractivity contribution is 0.0996. The summed E-state index contributed by atoms with van der Waals surface area (Å²) in [5.74, 6) is 2.90. The van der Waals surface area contributed by atoms with Gasteiger partial charge in [0.15, 0.2) is 0 Å². The van der Waals surface area contributed by atoms with Crippen molar-refractivity contribution >= 4 is 43.5 Å². The summed E-state index contributed by atoms with van der Waals surface area (Å²) >= 11 is 13.0. The number of halogens is 3. The van der Waals surface area contributed by atoms with E-state index in [0.29, 0.717) is 12.0 Å². The van der Waals surface area contributed by atoms with Gasteiger partial charge < -0.3 is 4.74 Å². The lowest BCUT2D eigenvalue weighted by Crippen LogP contribution is -2.28. The molecule has 0 N–H and O–H groups in total. The first-order valence-electron chi connectivity index (χ1n) is 6.70. The van der Waals surface area contributed by atoms with E-state index in [9.17, 15) is 0 Å². The Morgan fingerprint density at radius 2 is 1.63 bits per heavy atom. The van der Waals surface area contributed by atoms with Gasteiger partial charge in [-0.05, 0) is 80.7 Å².